The molecular weight excluding hydrogens is 317 g/mol. The fourth-order valence-corrected chi connectivity index (χ4v) is 9.21. The predicted octanol–water partition coefficient (Wildman–Crippen LogP) is 3.21. The molecule has 6 nitrogen and oxygen atoms in total. The van der Waals surface area contributed by atoms with Crippen LogP contribution < -0.4 is 0 Å². The Morgan fingerprint density at radius 3 is 2.24 bits per heavy atom. The van der Waals surface area contributed by atoms with Crippen LogP contribution in [0.25, 0.3) is 0 Å². The van der Waals surface area contributed by atoms with Crippen LogP contribution in [0.2, 0.25) is 0 Å². The van der Waals surface area contributed by atoms with Crippen molar-refractivity contribution in [1.29, 1.82) is 0 Å². The molecule has 0 aromatic rings. The number of nitrogens with zero attached hydrogens (tertiary/aromatic N) is 4. The van der Waals surface area contributed by atoms with Crippen molar-refractivity contribution < 1.29 is 16.2 Å². The van der Waals surface area contributed by atoms with Crippen LogP contribution in [0.3, 0.4) is 0 Å². The summed E-state index contributed by atoms with van der Waals surface area (Å²) < 4.78 is 58.9. The van der Waals surface area contributed by atoms with E-state index in [9.17, 15) is 16.2 Å². The second-order valence-electron chi connectivity index (χ2n) is 3.61. The third kappa shape index (κ3) is 3.17. The molecule has 0 saturated carbocycles. The number of hydrogen-bond acceptors (Lipinski definition) is 4. The molecule has 100 valence electrons. The average Bonchev–Trinajstić information content (AvgIpc) is 2.13. The lowest BCUT2D eigenvalue weighted by atomic mass is 10.2. The summed E-state index contributed by atoms with van der Waals surface area (Å²) in [4.78, 5) is 0. The molecular formula is C5H10ClF2N4O2PS2. The molecule has 2 aliphatic heterocycles. The summed E-state index contributed by atoms with van der Waals surface area (Å²) in [5.74, 6) is 0. The zero-order chi connectivity index (χ0) is 12.7. The monoisotopic (exact) mass is 326 g/mol. The molecule has 2 rings (SSSR count). The molecule has 0 spiro atoms. The highest BCUT2D eigenvalue weighted by Gasteiger charge is 2.35. The van der Waals surface area contributed by atoms with E-state index in [4.69, 9.17) is 11.2 Å². The molecule has 0 radical (unpaired) electrons. The highest BCUT2D eigenvalue weighted by molar-refractivity contribution is 8.09. The van der Waals surface area contributed by atoms with Gasteiger partial charge in [0.15, 0.2) is 0 Å². The highest BCUT2D eigenvalue weighted by Crippen LogP contribution is 2.64. The summed E-state index contributed by atoms with van der Waals surface area (Å²) in [5.41, 5.74) is 0. The van der Waals surface area contributed by atoms with Gasteiger partial charge in [0.2, 0.25) is 0 Å². The van der Waals surface area contributed by atoms with Gasteiger partial charge in [-0.25, -0.2) is 4.67 Å². The van der Waals surface area contributed by atoms with E-state index in [2.05, 4.69) is 12.1 Å². The molecule has 0 aromatic heterocycles. The molecule has 0 amide bonds. The predicted molar refractivity (Wildman–Crippen MR) is 64.0 cm³/mol. The van der Waals surface area contributed by atoms with Gasteiger partial charge in [0.05, 0.1) is 0 Å². The van der Waals surface area contributed by atoms with Gasteiger partial charge in [-0.1, -0.05) is 10.2 Å². The molecule has 0 N–H and O–H groups in total. The van der Waals surface area contributed by atoms with Gasteiger partial charge in [0.25, 0.3) is 6.71 Å². The molecule has 2 aliphatic rings. The van der Waals surface area contributed by atoms with Crippen LogP contribution in [-0.2, 0) is 20.6 Å². The van der Waals surface area contributed by atoms with Gasteiger partial charge in [0, 0.05) is 13.1 Å². The average molecular weight is 327 g/mol. The van der Waals surface area contributed by atoms with Gasteiger partial charge in [-0.05, 0) is 24.1 Å². The van der Waals surface area contributed by atoms with E-state index in [1.807, 2.05) is 0 Å². The Bertz CT molecular complexity index is 601. The molecule has 1 fully saturated rings. The molecule has 1 unspecified atom stereocenters. The van der Waals surface area contributed by atoms with Gasteiger partial charge in [0.1, 0.15) is 0 Å². The molecule has 0 aromatic carbocycles. The van der Waals surface area contributed by atoms with Gasteiger partial charge < -0.3 is 0 Å². The quantitative estimate of drug-likeness (QED) is 0.548. The Hall–Kier alpha value is 0.240. The Labute approximate surface area is 104 Å². The summed E-state index contributed by atoms with van der Waals surface area (Å²) in [6.07, 6.45) is 2.52. The van der Waals surface area contributed by atoms with Crippen molar-refractivity contribution in [2.24, 2.45) is 12.1 Å². The fraction of sp³-hybridized carbons (Fsp3) is 1.00. The maximum atomic E-state index is 13.2. The van der Waals surface area contributed by atoms with E-state index in [0.29, 0.717) is 13.1 Å². The maximum absolute atomic E-state index is 13.2. The first-order valence-corrected chi connectivity index (χ1v) is 10.1. The lowest BCUT2D eigenvalue weighted by Crippen LogP contribution is -2.25. The van der Waals surface area contributed by atoms with Crippen LogP contribution in [-0.4, -0.2) is 26.2 Å². The Morgan fingerprint density at radius 1 is 1.12 bits per heavy atom. The van der Waals surface area contributed by atoms with Gasteiger partial charge in [-0.3, -0.25) is 0 Å². The minimum Gasteiger partial charge on any atom is -0.239 e. The minimum atomic E-state index is -4.72. The van der Waals surface area contributed by atoms with Crippen molar-refractivity contribution in [1.82, 2.24) is 4.67 Å². The maximum Gasteiger partial charge on any atom is 0.330 e. The zero-order valence-electron chi connectivity index (χ0n) is 8.54. The number of rotatable bonds is 1. The first kappa shape index (κ1) is 13.7. The van der Waals surface area contributed by atoms with Gasteiger partial charge in [-0.15, -0.1) is 16.1 Å². The number of piperidine rings is 1. The van der Waals surface area contributed by atoms with Crippen molar-refractivity contribution in [2.45, 2.75) is 19.3 Å². The van der Waals surface area contributed by atoms with Gasteiger partial charge >= 0.3 is 20.6 Å². The molecule has 0 bridgehead atoms. The largest absolute Gasteiger partial charge is 0.330 e. The third-order valence-electron chi connectivity index (χ3n) is 2.29. The summed E-state index contributed by atoms with van der Waals surface area (Å²) in [7, 11) is -9.43. The molecule has 17 heavy (non-hydrogen) atoms. The topological polar surface area (TPSA) is 74.5 Å². The van der Waals surface area contributed by atoms with Crippen molar-refractivity contribution in [3.8, 4) is 0 Å². The van der Waals surface area contributed by atoms with E-state index in [-0.39, 0.29) is 0 Å². The minimum absolute atomic E-state index is 0.440. The second-order valence-corrected chi connectivity index (χ2v) is 10.2. The van der Waals surface area contributed by atoms with Crippen LogP contribution in [0, 0.1) is 0 Å². The van der Waals surface area contributed by atoms with Crippen LogP contribution in [0.15, 0.2) is 12.1 Å². The Kier molecular flexibility index (Phi) is 3.55. The lowest BCUT2D eigenvalue weighted by Gasteiger charge is -2.31. The lowest BCUT2D eigenvalue weighted by molar-refractivity contribution is 0.370. The number of halogens is 3. The molecule has 12 heteroatoms. The van der Waals surface area contributed by atoms with E-state index >= 15 is 0 Å². The van der Waals surface area contributed by atoms with Crippen molar-refractivity contribution in [2.75, 3.05) is 13.1 Å². The smallest absolute Gasteiger partial charge is 0.239 e. The molecule has 3 atom stereocenters. The molecule has 0 aliphatic carbocycles. The Balaban J connectivity index is 2.55. The summed E-state index contributed by atoms with van der Waals surface area (Å²) in [6, 6.07) is 0. The van der Waals surface area contributed by atoms with Crippen LogP contribution in [0.4, 0.5) is 7.77 Å². The SMILES string of the molecule is O=[S@@]1(F)=NP(Cl)(N2CCCCC2)=N[S@@](=O)(F)=N1. The van der Waals surface area contributed by atoms with Crippen molar-refractivity contribution in [3.05, 3.63) is 0 Å². The zero-order valence-corrected chi connectivity index (χ0v) is 11.8. The van der Waals surface area contributed by atoms with Crippen LogP contribution >= 0.6 is 17.9 Å². The molecule has 2 heterocycles. The Morgan fingerprint density at radius 2 is 1.71 bits per heavy atom. The van der Waals surface area contributed by atoms with Crippen LogP contribution in [0.5, 0.6) is 0 Å². The summed E-state index contributed by atoms with van der Waals surface area (Å²) in [6.45, 7) is -2.64. The highest BCUT2D eigenvalue weighted by atomic mass is 35.7. The van der Waals surface area contributed by atoms with E-state index in [0.717, 1.165) is 19.3 Å². The van der Waals surface area contributed by atoms with E-state index in [1.165, 1.54) is 4.67 Å². The van der Waals surface area contributed by atoms with Gasteiger partial charge in [-0.2, -0.15) is 8.42 Å². The number of hydrogen-bond donors (Lipinski definition) is 0. The summed E-state index contributed by atoms with van der Waals surface area (Å²) >= 11 is 5.93. The standard InChI is InChI=1S/C5H10ClF2N4O2PS2/c6-15(12-4-2-1-3-5-12)9-16(7,13)11-17(8,14)10-15/h1-5H2/t16-,17-/m0/s1. The summed E-state index contributed by atoms with van der Waals surface area (Å²) in [5, 5.41) is 0. The second kappa shape index (κ2) is 4.41. The fourth-order valence-electron chi connectivity index (χ4n) is 1.65. The first-order chi connectivity index (χ1) is 7.73. The normalized spacial score (nSPS) is 47.7. The van der Waals surface area contributed by atoms with Crippen molar-refractivity contribution in [3.63, 3.8) is 0 Å². The molecule has 1 saturated heterocycles. The first-order valence-electron chi connectivity index (χ1n) is 4.77. The van der Waals surface area contributed by atoms with Crippen molar-refractivity contribution >= 4 is 38.6 Å². The third-order valence-corrected chi connectivity index (χ3v) is 9.90. The van der Waals surface area contributed by atoms with E-state index in [1.54, 1.807) is 0 Å². The van der Waals surface area contributed by atoms with Crippen LogP contribution in [0.1, 0.15) is 19.3 Å². The van der Waals surface area contributed by atoms with E-state index < -0.39 is 27.3 Å².